The lowest BCUT2D eigenvalue weighted by molar-refractivity contribution is -0.163. The lowest BCUT2D eigenvalue weighted by Gasteiger charge is -2.47. The number of aliphatic carboxylic acids is 1. The van der Waals surface area contributed by atoms with Crippen molar-refractivity contribution in [3.63, 3.8) is 0 Å². The molecule has 0 spiro atoms. The molecule has 2 N–H and O–H groups in total. The normalized spacial score (nSPS) is 56.9. The Bertz CT molecular complexity index is 2030. The van der Waals surface area contributed by atoms with E-state index in [9.17, 15) is 34.2 Å². The van der Waals surface area contributed by atoms with Gasteiger partial charge in [0, 0.05) is 32.8 Å². The van der Waals surface area contributed by atoms with Crippen molar-refractivity contribution in [1.82, 2.24) is 0 Å². The Labute approximate surface area is 383 Å². The first kappa shape index (κ1) is 42.2. The first-order valence-corrected chi connectivity index (χ1v) is 26.8. The van der Waals surface area contributed by atoms with E-state index in [2.05, 4.69) is 18.7 Å². The van der Waals surface area contributed by atoms with Crippen molar-refractivity contribution in [3.05, 3.63) is 0 Å². The molecule has 0 radical (unpaired) electrons. The monoisotopic (exact) mass is 924 g/mol. The molecule has 13 aliphatic rings. The van der Waals surface area contributed by atoms with E-state index in [0.717, 1.165) is 25.7 Å². The topological polar surface area (TPSA) is 181 Å². The maximum atomic E-state index is 13.6. The number of carbonyl (C=O) groups excluding carboxylic acids is 4. The highest BCUT2D eigenvalue weighted by molar-refractivity contribution is 8.03. The average Bonchev–Trinajstić information content (AvgIpc) is 4.07. The number of carbonyl (C=O) groups is 5. The van der Waals surface area contributed by atoms with Gasteiger partial charge in [-0.3, -0.25) is 24.0 Å². The molecule has 0 aromatic rings. The molecule has 11 heterocycles. The molecule has 13 nitrogen and oxygen atoms in total. The molecule has 15 heteroatoms. The van der Waals surface area contributed by atoms with Gasteiger partial charge < -0.3 is 38.6 Å². The molecule has 29 unspecified atom stereocenters. The van der Waals surface area contributed by atoms with Crippen LogP contribution in [0.3, 0.4) is 0 Å². The number of thioether (sulfide) groups is 2. The Hall–Kier alpha value is -1.91. The van der Waals surface area contributed by atoms with Gasteiger partial charge in [0.2, 0.25) is 0 Å². The Morgan fingerprint density at radius 2 is 1.38 bits per heavy atom. The molecule has 29 atom stereocenters. The molecule has 2 aliphatic carbocycles. The maximum absolute atomic E-state index is 13.6. The van der Waals surface area contributed by atoms with Gasteiger partial charge in [-0.15, -0.1) is 0 Å². The smallest absolute Gasteiger partial charge is 0.317 e. The van der Waals surface area contributed by atoms with Crippen molar-refractivity contribution in [2.45, 2.75) is 143 Å². The number of rotatable bonds is 11. The third kappa shape index (κ3) is 5.75. The van der Waals surface area contributed by atoms with Crippen LogP contribution in [0.4, 0.5) is 0 Å². The number of carboxylic acid groups (broad SMARTS) is 1. The van der Waals surface area contributed by atoms with Gasteiger partial charge in [0.1, 0.15) is 12.2 Å². The second-order valence-corrected chi connectivity index (χ2v) is 26.7. The summed E-state index contributed by atoms with van der Waals surface area (Å²) in [5.74, 6) is 0.338. The Balaban J connectivity index is 0.823. The fraction of sp³-hybridized carbons (Fsp3) is 0.898. The number of cyclic esters (lactones) is 2. The number of aliphatic hydroxyl groups is 1. The van der Waals surface area contributed by atoms with Crippen LogP contribution in [0.15, 0.2) is 0 Å². The van der Waals surface area contributed by atoms with Gasteiger partial charge >= 0.3 is 29.8 Å². The van der Waals surface area contributed by atoms with Crippen molar-refractivity contribution >= 4 is 53.4 Å². The average molecular weight is 925 g/mol. The van der Waals surface area contributed by atoms with Gasteiger partial charge in [0.25, 0.3) is 0 Å². The third-order valence-corrected chi connectivity index (χ3v) is 24.2. The fourth-order valence-electron chi connectivity index (χ4n) is 18.5. The van der Waals surface area contributed by atoms with E-state index in [4.69, 9.17) is 28.4 Å². The van der Waals surface area contributed by atoms with Crippen LogP contribution < -0.4 is 0 Å². The summed E-state index contributed by atoms with van der Waals surface area (Å²) in [6.45, 7) is 9.82. The van der Waals surface area contributed by atoms with E-state index in [1.165, 1.54) is 0 Å². The lowest BCUT2D eigenvalue weighted by atomic mass is 9.54. The summed E-state index contributed by atoms with van der Waals surface area (Å²) < 4.78 is 37.9. The second kappa shape index (κ2) is 14.6. The Morgan fingerprint density at radius 3 is 2.09 bits per heavy atom. The third-order valence-electron chi connectivity index (χ3n) is 20.4. The van der Waals surface area contributed by atoms with Crippen LogP contribution >= 0.6 is 23.5 Å². The molecule has 13 rings (SSSR count). The minimum atomic E-state index is -0.697. The van der Waals surface area contributed by atoms with Crippen LogP contribution in [0.1, 0.15) is 79.6 Å². The molecule has 12 bridgehead atoms. The van der Waals surface area contributed by atoms with Crippen LogP contribution in [0.2, 0.25) is 0 Å². The Kier molecular flexibility index (Phi) is 9.60. The number of esters is 4. The van der Waals surface area contributed by atoms with E-state index >= 15 is 0 Å². The highest BCUT2D eigenvalue weighted by Gasteiger charge is 2.75. The summed E-state index contributed by atoms with van der Waals surface area (Å²) in [5.41, 5.74) is -0.525. The molecule has 0 amide bonds. The number of aliphatic hydroxyl groups excluding tert-OH is 1. The van der Waals surface area contributed by atoms with E-state index in [1.807, 2.05) is 39.5 Å². The van der Waals surface area contributed by atoms with Crippen LogP contribution in [-0.4, -0.2) is 116 Å². The van der Waals surface area contributed by atoms with Gasteiger partial charge in [0.15, 0.2) is 0 Å². The summed E-state index contributed by atoms with van der Waals surface area (Å²) in [6.07, 6.45) is 5.54. The maximum Gasteiger partial charge on any atom is 0.317 e. The summed E-state index contributed by atoms with van der Waals surface area (Å²) in [4.78, 5) is 65.7. The van der Waals surface area contributed by atoms with E-state index < -0.39 is 41.3 Å². The zero-order chi connectivity index (χ0) is 44.2. The zero-order valence-electron chi connectivity index (χ0n) is 37.3. The van der Waals surface area contributed by atoms with Crippen molar-refractivity contribution in [2.75, 3.05) is 13.2 Å². The quantitative estimate of drug-likeness (QED) is 0.163. The van der Waals surface area contributed by atoms with Crippen LogP contribution in [0.25, 0.3) is 0 Å². The summed E-state index contributed by atoms with van der Waals surface area (Å²) in [7, 11) is 0. The molecular formula is C49H64O13S2. The largest absolute Gasteiger partial charge is 0.481 e. The van der Waals surface area contributed by atoms with Crippen LogP contribution in [0.5, 0.6) is 0 Å². The fourth-order valence-corrected chi connectivity index (χ4v) is 23.4. The molecule has 0 aromatic heterocycles. The van der Waals surface area contributed by atoms with Crippen LogP contribution in [-0.2, 0) is 52.4 Å². The van der Waals surface area contributed by atoms with E-state index in [1.54, 1.807) is 0 Å². The predicted octanol–water partition coefficient (Wildman–Crippen LogP) is 4.88. The van der Waals surface area contributed by atoms with Crippen LogP contribution in [0, 0.1) is 112 Å². The minimum absolute atomic E-state index is 0.0182. The summed E-state index contributed by atoms with van der Waals surface area (Å²) in [5, 5.41) is 20.7. The first-order chi connectivity index (χ1) is 30.6. The van der Waals surface area contributed by atoms with Gasteiger partial charge in [-0.25, -0.2) is 0 Å². The van der Waals surface area contributed by atoms with Crippen molar-refractivity contribution in [3.8, 4) is 0 Å². The van der Waals surface area contributed by atoms with E-state index in [0.29, 0.717) is 65.3 Å². The summed E-state index contributed by atoms with van der Waals surface area (Å²) >= 11 is 3.96. The van der Waals surface area contributed by atoms with Gasteiger partial charge in [-0.1, -0.05) is 13.8 Å². The molecule has 0 aromatic carbocycles. The number of fused-ring (bicyclic) bond motifs is 27. The van der Waals surface area contributed by atoms with Crippen molar-refractivity contribution in [1.29, 1.82) is 0 Å². The van der Waals surface area contributed by atoms with Crippen molar-refractivity contribution < 1.29 is 62.6 Å². The lowest BCUT2D eigenvalue weighted by Crippen LogP contribution is -2.52. The number of hydrogen-bond donors (Lipinski definition) is 2. The van der Waals surface area contributed by atoms with Crippen molar-refractivity contribution in [2.24, 2.45) is 112 Å². The molecule has 11 saturated heterocycles. The number of ether oxygens (including phenoxy) is 6. The summed E-state index contributed by atoms with van der Waals surface area (Å²) in [6, 6.07) is 0. The number of hydrogen-bond acceptors (Lipinski definition) is 14. The first-order valence-electron chi connectivity index (χ1n) is 24.9. The highest BCUT2D eigenvalue weighted by Crippen LogP contribution is 2.74. The van der Waals surface area contributed by atoms with E-state index in [-0.39, 0.29) is 131 Å². The standard InChI is InChI=1S/C49H64O13S2/c1-15-18(37-31-20-8-17(30(31)36(15)59-37)9-25(20)48(56)62-49(3,4)5)10-21-22(39-34-32(38(21)60-39)28-13-26(40(34)58-28)46(54)57-7-6-50)12-24-23(11-19-16(2)45(53)61-47(19)55)42-35-33(41(24)64-42)29-14-27(44(51)52)43(35)63-29/h15-43,50H,6-14H2,1-5H3,(H,51,52). The predicted molar refractivity (Wildman–Crippen MR) is 229 cm³/mol. The second-order valence-electron chi connectivity index (χ2n) is 23.9. The van der Waals surface area contributed by atoms with Gasteiger partial charge in [0.05, 0.1) is 72.8 Å². The molecule has 350 valence electrons. The SMILES string of the molecule is CC1C(=O)OC(=O)C1CC1C(CC2C(CC3C(C)C4OC3C3C5CC(CC5C(=O)OC(C)(C)C)C43)C3OC2C2C4OC(CC4C(=O)OCCO)C32)C2SC1C1C3SC(CC3C(=O)O)C21. The molecule has 2 saturated carbocycles. The Morgan fingerprint density at radius 1 is 0.672 bits per heavy atom. The number of carboxylic acids is 1. The molecule has 64 heavy (non-hydrogen) atoms. The molecule has 13 fully saturated rings. The van der Waals surface area contributed by atoms with Gasteiger partial charge in [-0.05, 0) is 137 Å². The van der Waals surface area contributed by atoms with Gasteiger partial charge in [-0.2, -0.15) is 23.5 Å². The minimum Gasteiger partial charge on any atom is -0.481 e. The molecule has 11 aliphatic heterocycles. The highest BCUT2D eigenvalue weighted by atomic mass is 32.2. The zero-order valence-corrected chi connectivity index (χ0v) is 38.9. The molecular weight excluding hydrogens is 861 g/mol.